The number of hydrogen-bond acceptors (Lipinski definition) is 1. The van der Waals surface area contributed by atoms with Gasteiger partial charge in [-0.2, -0.15) is 0 Å². The van der Waals surface area contributed by atoms with E-state index in [9.17, 15) is 8.78 Å². The molecule has 0 aliphatic rings. The second kappa shape index (κ2) is 6.28. The Morgan fingerprint density at radius 3 is 2.53 bits per heavy atom. The maximum atomic E-state index is 14.0. The van der Waals surface area contributed by atoms with E-state index in [1.54, 1.807) is 7.05 Å². The summed E-state index contributed by atoms with van der Waals surface area (Å²) in [6.45, 7) is 0. The first kappa shape index (κ1) is 14.9. The van der Waals surface area contributed by atoms with Gasteiger partial charge in [0.1, 0.15) is 11.6 Å². The van der Waals surface area contributed by atoms with Crippen LogP contribution in [-0.4, -0.2) is 7.05 Å². The minimum Gasteiger partial charge on any atom is -0.309 e. The van der Waals surface area contributed by atoms with Gasteiger partial charge in [-0.25, -0.2) is 8.78 Å². The quantitative estimate of drug-likeness (QED) is 0.544. The topological polar surface area (TPSA) is 12.0 Å². The number of rotatable bonds is 3. The van der Waals surface area contributed by atoms with Gasteiger partial charge in [0, 0.05) is 9.13 Å². The lowest BCUT2D eigenvalue weighted by atomic mass is 9.98. The molecule has 1 nitrogen and oxygen atoms in total. The Bertz CT molecular complexity index is 604. The summed E-state index contributed by atoms with van der Waals surface area (Å²) in [6.07, 6.45) is 0. The molecule has 1 atom stereocenters. The Balaban J connectivity index is 2.51. The molecule has 1 N–H and O–H groups in total. The van der Waals surface area contributed by atoms with E-state index in [4.69, 9.17) is 0 Å². The van der Waals surface area contributed by atoms with Gasteiger partial charge < -0.3 is 5.32 Å². The van der Waals surface area contributed by atoms with Crippen molar-refractivity contribution in [2.24, 2.45) is 0 Å². The number of halogens is 4. The molecule has 0 fully saturated rings. The molecule has 19 heavy (non-hydrogen) atoms. The van der Waals surface area contributed by atoms with Crippen molar-refractivity contribution in [1.82, 2.24) is 5.32 Å². The van der Waals surface area contributed by atoms with Crippen molar-refractivity contribution in [3.05, 3.63) is 67.2 Å². The zero-order chi connectivity index (χ0) is 14.0. The highest BCUT2D eigenvalue weighted by atomic mass is 127. The van der Waals surface area contributed by atoms with E-state index in [0.29, 0.717) is 5.56 Å². The fourth-order valence-electron chi connectivity index (χ4n) is 1.95. The summed E-state index contributed by atoms with van der Waals surface area (Å²) in [5.41, 5.74) is 1.19. The SMILES string of the molecule is CNC(c1cccc(I)c1)c1cc(F)c(Br)cc1F. The molecule has 0 spiro atoms. The predicted molar refractivity (Wildman–Crippen MR) is 84.1 cm³/mol. The molecule has 2 aromatic rings. The van der Waals surface area contributed by atoms with Crippen LogP contribution in [0.25, 0.3) is 0 Å². The normalized spacial score (nSPS) is 12.5. The third-order valence-corrected chi connectivity index (χ3v) is 4.10. The van der Waals surface area contributed by atoms with Gasteiger partial charge in [-0.05, 0) is 75.4 Å². The standard InChI is InChI=1S/C14H11BrF2IN/c1-19-14(8-3-2-4-9(18)5-8)10-6-13(17)11(15)7-12(10)16/h2-7,14,19H,1H3. The van der Waals surface area contributed by atoms with Crippen LogP contribution >= 0.6 is 38.5 Å². The molecule has 0 bridgehead atoms. The smallest absolute Gasteiger partial charge is 0.137 e. The maximum absolute atomic E-state index is 14.0. The third-order valence-electron chi connectivity index (χ3n) is 2.82. The molecule has 0 saturated carbocycles. The summed E-state index contributed by atoms with van der Waals surface area (Å²) in [6, 6.07) is 9.69. The highest BCUT2D eigenvalue weighted by molar-refractivity contribution is 14.1. The lowest BCUT2D eigenvalue weighted by Crippen LogP contribution is -2.19. The van der Waals surface area contributed by atoms with Gasteiger partial charge in [-0.3, -0.25) is 0 Å². The van der Waals surface area contributed by atoms with Crippen molar-refractivity contribution in [2.45, 2.75) is 6.04 Å². The summed E-state index contributed by atoms with van der Waals surface area (Å²) in [7, 11) is 1.73. The lowest BCUT2D eigenvalue weighted by Gasteiger charge is -2.18. The fraction of sp³-hybridized carbons (Fsp3) is 0.143. The molecular weight excluding hydrogens is 427 g/mol. The summed E-state index contributed by atoms with van der Waals surface area (Å²) >= 11 is 5.17. The number of hydrogen-bond donors (Lipinski definition) is 1. The lowest BCUT2D eigenvalue weighted by molar-refractivity contribution is 0.554. The molecular formula is C14H11BrF2IN. The van der Waals surface area contributed by atoms with E-state index in [1.807, 2.05) is 24.3 Å². The van der Waals surface area contributed by atoms with Crippen LogP contribution in [0.3, 0.4) is 0 Å². The molecule has 1 unspecified atom stereocenters. The average molecular weight is 438 g/mol. The van der Waals surface area contributed by atoms with Crippen molar-refractivity contribution in [3.8, 4) is 0 Å². The van der Waals surface area contributed by atoms with Crippen LogP contribution in [0.15, 0.2) is 40.9 Å². The molecule has 0 amide bonds. The van der Waals surface area contributed by atoms with Gasteiger partial charge in [-0.1, -0.05) is 12.1 Å². The molecule has 2 aromatic carbocycles. The third kappa shape index (κ3) is 3.32. The second-order valence-corrected chi connectivity index (χ2v) is 6.16. The summed E-state index contributed by atoms with van der Waals surface area (Å²) < 4.78 is 28.8. The summed E-state index contributed by atoms with van der Waals surface area (Å²) in [5, 5.41) is 3.02. The zero-order valence-electron chi connectivity index (χ0n) is 10.1. The van der Waals surface area contributed by atoms with E-state index in [1.165, 1.54) is 6.07 Å². The molecule has 100 valence electrons. The highest BCUT2D eigenvalue weighted by Crippen LogP contribution is 2.28. The first-order valence-corrected chi connectivity index (χ1v) is 7.47. The van der Waals surface area contributed by atoms with E-state index >= 15 is 0 Å². The Morgan fingerprint density at radius 2 is 1.89 bits per heavy atom. The molecule has 0 aliphatic heterocycles. The molecule has 0 heterocycles. The Hall–Kier alpha value is -0.530. The van der Waals surface area contributed by atoms with Crippen LogP contribution in [0, 0.1) is 15.2 Å². The second-order valence-electron chi connectivity index (χ2n) is 4.06. The van der Waals surface area contributed by atoms with E-state index in [0.717, 1.165) is 15.2 Å². The van der Waals surface area contributed by atoms with E-state index in [-0.39, 0.29) is 10.5 Å². The molecule has 5 heteroatoms. The summed E-state index contributed by atoms with van der Waals surface area (Å²) in [4.78, 5) is 0. The van der Waals surface area contributed by atoms with Gasteiger partial charge in [0.15, 0.2) is 0 Å². The highest BCUT2D eigenvalue weighted by Gasteiger charge is 2.18. The van der Waals surface area contributed by atoms with Crippen molar-refractivity contribution >= 4 is 38.5 Å². The van der Waals surface area contributed by atoms with E-state index in [2.05, 4.69) is 43.8 Å². The minimum absolute atomic E-state index is 0.131. The van der Waals surface area contributed by atoms with Crippen LogP contribution in [0.2, 0.25) is 0 Å². The molecule has 0 aliphatic carbocycles. The van der Waals surface area contributed by atoms with Crippen molar-refractivity contribution in [1.29, 1.82) is 0 Å². The van der Waals surface area contributed by atoms with Crippen LogP contribution in [0.5, 0.6) is 0 Å². The van der Waals surface area contributed by atoms with Crippen LogP contribution in [0.4, 0.5) is 8.78 Å². The molecule has 0 saturated heterocycles. The largest absolute Gasteiger partial charge is 0.309 e. The molecule has 0 aromatic heterocycles. The van der Waals surface area contributed by atoms with Crippen molar-refractivity contribution < 1.29 is 8.78 Å². The number of benzene rings is 2. The molecule has 0 radical (unpaired) electrons. The monoisotopic (exact) mass is 437 g/mol. The first-order valence-electron chi connectivity index (χ1n) is 5.60. The van der Waals surface area contributed by atoms with E-state index < -0.39 is 11.6 Å². The summed E-state index contributed by atoms with van der Waals surface area (Å²) in [5.74, 6) is -0.909. The Labute approximate surface area is 132 Å². The average Bonchev–Trinajstić information content (AvgIpc) is 2.36. The van der Waals surface area contributed by atoms with Gasteiger partial charge >= 0.3 is 0 Å². The van der Waals surface area contributed by atoms with Gasteiger partial charge in [-0.15, -0.1) is 0 Å². The zero-order valence-corrected chi connectivity index (χ0v) is 13.8. The number of nitrogens with one attached hydrogen (secondary N) is 1. The van der Waals surface area contributed by atoms with Gasteiger partial charge in [0.25, 0.3) is 0 Å². The van der Waals surface area contributed by atoms with Gasteiger partial charge in [0.2, 0.25) is 0 Å². The fourth-order valence-corrected chi connectivity index (χ4v) is 2.83. The Morgan fingerprint density at radius 1 is 1.16 bits per heavy atom. The Kier molecular flexibility index (Phi) is 4.92. The molecule has 2 rings (SSSR count). The van der Waals surface area contributed by atoms with Crippen LogP contribution in [0.1, 0.15) is 17.2 Å². The van der Waals surface area contributed by atoms with Gasteiger partial charge in [0.05, 0.1) is 10.5 Å². The van der Waals surface area contributed by atoms with Crippen molar-refractivity contribution in [2.75, 3.05) is 7.05 Å². The van der Waals surface area contributed by atoms with Crippen LogP contribution < -0.4 is 5.32 Å². The minimum atomic E-state index is -0.470. The van der Waals surface area contributed by atoms with Crippen LogP contribution in [-0.2, 0) is 0 Å². The maximum Gasteiger partial charge on any atom is 0.137 e. The first-order chi connectivity index (χ1) is 9.02. The van der Waals surface area contributed by atoms with Crippen molar-refractivity contribution in [3.63, 3.8) is 0 Å². The predicted octanol–water partition coefficient (Wildman–Crippen LogP) is 4.64.